The van der Waals surface area contributed by atoms with Crippen LogP contribution in [0.15, 0.2) is 22.5 Å². The van der Waals surface area contributed by atoms with Crippen LogP contribution in [0.4, 0.5) is 0 Å². The van der Waals surface area contributed by atoms with E-state index in [4.69, 9.17) is 11.6 Å². The van der Waals surface area contributed by atoms with Crippen LogP contribution in [0.25, 0.3) is 0 Å². The average molecular weight is 320 g/mol. The van der Waals surface area contributed by atoms with Crippen molar-refractivity contribution in [2.75, 3.05) is 0 Å². The Morgan fingerprint density at radius 1 is 1.47 bits per heavy atom. The predicted octanol–water partition coefficient (Wildman–Crippen LogP) is 2.40. The monoisotopic (exact) mass is 319 g/mol. The molecule has 0 amide bonds. The van der Waals surface area contributed by atoms with Gasteiger partial charge in [0.1, 0.15) is 4.21 Å². The molecule has 19 heavy (non-hydrogen) atoms. The third-order valence-corrected chi connectivity index (χ3v) is 5.89. The van der Waals surface area contributed by atoms with Gasteiger partial charge < -0.3 is 0 Å². The van der Waals surface area contributed by atoms with Crippen molar-refractivity contribution >= 4 is 33.0 Å². The molecule has 0 aromatic carbocycles. The van der Waals surface area contributed by atoms with Crippen LogP contribution in [0.1, 0.15) is 18.2 Å². The first-order valence-corrected chi connectivity index (χ1v) is 8.38. The maximum atomic E-state index is 12.0. The molecular weight excluding hydrogens is 306 g/mol. The number of nitrogens with zero attached hydrogens (tertiary/aromatic N) is 2. The summed E-state index contributed by atoms with van der Waals surface area (Å²) in [4.78, 5) is 0. The molecule has 5 nitrogen and oxygen atoms in total. The Labute approximate surface area is 121 Å². The summed E-state index contributed by atoms with van der Waals surface area (Å²) in [6.07, 6.45) is 1.68. The van der Waals surface area contributed by atoms with Gasteiger partial charge in [-0.05, 0) is 26.0 Å². The smallest absolute Gasteiger partial charge is 0.250 e. The minimum atomic E-state index is -3.50. The Morgan fingerprint density at radius 2 is 2.21 bits per heavy atom. The van der Waals surface area contributed by atoms with Gasteiger partial charge in [0, 0.05) is 24.3 Å². The maximum absolute atomic E-state index is 12.0. The third-order valence-electron chi connectivity index (χ3n) is 2.77. The van der Waals surface area contributed by atoms with Crippen LogP contribution in [0.5, 0.6) is 0 Å². The highest BCUT2D eigenvalue weighted by Gasteiger charge is 2.17. The van der Waals surface area contributed by atoms with Gasteiger partial charge in [-0.1, -0.05) is 11.6 Å². The van der Waals surface area contributed by atoms with Crippen molar-refractivity contribution in [3.8, 4) is 0 Å². The molecule has 8 heteroatoms. The number of hydrogen-bond donors (Lipinski definition) is 1. The molecular formula is C11H14ClN3O2S2. The number of halogens is 1. The van der Waals surface area contributed by atoms with Crippen LogP contribution in [-0.2, 0) is 23.1 Å². The highest BCUT2D eigenvalue weighted by molar-refractivity contribution is 7.91. The zero-order chi connectivity index (χ0) is 14.0. The van der Waals surface area contributed by atoms with Crippen molar-refractivity contribution in [2.24, 2.45) is 0 Å². The quantitative estimate of drug-likeness (QED) is 0.920. The maximum Gasteiger partial charge on any atom is 0.250 e. The van der Waals surface area contributed by atoms with Crippen molar-refractivity contribution in [3.63, 3.8) is 0 Å². The zero-order valence-electron chi connectivity index (χ0n) is 10.6. The Balaban J connectivity index is 2.12. The van der Waals surface area contributed by atoms with Crippen molar-refractivity contribution in [1.82, 2.24) is 14.5 Å². The van der Waals surface area contributed by atoms with Crippen LogP contribution >= 0.6 is 22.9 Å². The van der Waals surface area contributed by atoms with Crippen LogP contribution in [0, 0.1) is 6.92 Å². The van der Waals surface area contributed by atoms with E-state index in [2.05, 4.69) is 9.82 Å². The van der Waals surface area contributed by atoms with Gasteiger partial charge in [-0.25, -0.2) is 13.1 Å². The van der Waals surface area contributed by atoms with Gasteiger partial charge in [0.05, 0.1) is 10.5 Å². The van der Waals surface area contributed by atoms with E-state index < -0.39 is 10.0 Å². The summed E-state index contributed by atoms with van der Waals surface area (Å²) in [6.45, 7) is 4.90. The molecule has 1 N–H and O–H groups in total. The van der Waals surface area contributed by atoms with E-state index in [1.807, 2.05) is 18.5 Å². The lowest BCUT2D eigenvalue weighted by molar-refractivity contribution is 0.583. The van der Waals surface area contributed by atoms with Gasteiger partial charge in [0.15, 0.2) is 0 Å². The van der Waals surface area contributed by atoms with E-state index in [-0.39, 0.29) is 10.8 Å². The lowest BCUT2D eigenvalue weighted by atomic mass is 10.3. The number of hydrogen-bond acceptors (Lipinski definition) is 4. The second kappa shape index (κ2) is 5.62. The van der Waals surface area contributed by atoms with E-state index in [1.54, 1.807) is 12.3 Å². The number of nitrogens with one attached hydrogen (secondary N) is 1. The summed E-state index contributed by atoms with van der Waals surface area (Å²) in [5.41, 5.74) is 1.84. The molecule has 0 fully saturated rings. The number of thiophene rings is 1. The molecule has 0 saturated heterocycles. The van der Waals surface area contributed by atoms with Crippen LogP contribution in [0.2, 0.25) is 4.34 Å². The fourth-order valence-corrected chi connectivity index (χ4v) is 4.20. The summed E-state index contributed by atoms with van der Waals surface area (Å²) in [5.74, 6) is 0. The first-order chi connectivity index (χ1) is 8.94. The van der Waals surface area contributed by atoms with E-state index in [0.29, 0.717) is 4.34 Å². The molecule has 0 atom stereocenters. The second-order valence-corrected chi connectivity index (χ2v) is 7.66. The Kier molecular flexibility index (Phi) is 4.29. The third kappa shape index (κ3) is 3.17. The van der Waals surface area contributed by atoms with Gasteiger partial charge >= 0.3 is 0 Å². The predicted molar refractivity (Wildman–Crippen MR) is 76.0 cm³/mol. The van der Waals surface area contributed by atoms with Gasteiger partial charge in [-0.2, -0.15) is 5.10 Å². The normalized spacial score (nSPS) is 11.9. The zero-order valence-corrected chi connectivity index (χ0v) is 12.9. The lowest BCUT2D eigenvalue weighted by Gasteiger charge is -2.05. The van der Waals surface area contributed by atoms with Crippen LogP contribution < -0.4 is 4.72 Å². The summed E-state index contributed by atoms with van der Waals surface area (Å²) in [7, 11) is -3.50. The largest absolute Gasteiger partial charge is 0.270 e. The number of aryl methyl sites for hydroxylation is 1. The first kappa shape index (κ1) is 14.5. The topological polar surface area (TPSA) is 64.0 Å². The molecule has 0 unspecified atom stereocenters. The molecule has 0 aliphatic heterocycles. The second-order valence-electron chi connectivity index (χ2n) is 3.95. The minimum Gasteiger partial charge on any atom is -0.270 e. The molecule has 0 saturated carbocycles. The molecule has 0 aliphatic carbocycles. The van der Waals surface area contributed by atoms with Gasteiger partial charge in [0.25, 0.3) is 0 Å². The standard InChI is InChI=1S/C11H14ClN3O2S2/c1-3-15-8(2)9(6-13-15)7-14-19(16,17)11-5-4-10(12)18-11/h4-6,14H,3,7H2,1-2H3. The Hall–Kier alpha value is -0.890. The first-order valence-electron chi connectivity index (χ1n) is 5.70. The molecule has 0 spiro atoms. The van der Waals surface area contributed by atoms with E-state index in [0.717, 1.165) is 29.1 Å². The summed E-state index contributed by atoms with van der Waals surface area (Å²) in [5, 5.41) is 4.18. The SMILES string of the molecule is CCn1ncc(CNS(=O)(=O)c2ccc(Cl)s2)c1C. The summed E-state index contributed by atoms with van der Waals surface area (Å²) >= 11 is 6.78. The number of aromatic nitrogens is 2. The molecule has 2 rings (SSSR count). The van der Waals surface area contributed by atoms with Crippen molar-refractivity contribution in [2.45, 2.75) is 31.1 Å². The van der Waals surface area contributed by atoms with E-state index in [1.165, 1.54) is 6.07 Å². The van der Waals surface area contributed by atoms with E-state index >= 15 is 0 Å². The summed E-state index contributed by atoms with van der Waals surface area (Å²) in [6, 6.07) is 3.07. The Bertz CT molecular complexity index is 676. The lowest BCUT2D eigenvalue weighted by Crippen LogP contribution is -2.22. The molecule has 0 radical (unpaired) electrons. The molecule has 0 bridgehead atoms. The van der Waals surface area contributed by atoms with Gasteiger partial charge in [-0.15, -0.1) is 11.3 Å². The molecule has 2 aromatic heterocycles. The summed E-state index contributed by atoms with van der Waals surface area (Å²) < 4.78 is 29.1. The average Bonchev–Trinajstić information content (AvgIpc) is 2.94. The number of rotatable bonds is 5. The fraction of sp³-hybridized carbons (Fsp3) is 0.364. The molecule has 2 heterocycles. The number of sulfonamides is 1. The van der Waals surface area contributed by atoms with Crippen LogP contribution in [0.3, 0.4) is 0 Å². The molecule has 104 valence electrons. The molecule has 0 aliphatic rings. The minimum absolute atomic E-state index is 0.220. The Morgan fingerprint density at radius 3 is 2.74 bits per heavy atom. The molecule has 2 aromatic rings. The van der Waals surface area contributed by atoms with Crippen molar-refractivity contribution < 1.29 is 8.42 Å². The highest BCUT2D eigenvalue weighted by Crippen LogP contribution is 2.25. The van der Waals surface area contributed by atoms with Gasteiger partial charge in [-0.3, -0.25) is 4.68 Å². The van der Waals surface area contributed by atoms with E-state index in [9.17, 15) is 8.42 Å². The highest BCUT2D eigenvalue weighted by atomic mass is 35.5. The van der Waals surface area contributed by atoms with Crippen LogP contribution in [-0.4, -0.2) is 18.2 Å². The van der Waals surface area contributed by atoms with Crippen molar-refractivity contribution in [1.29, 1.82) is 0 Å². The van der Waals surface area contributed by atoms with Crippen molar-refractivity contribution in [3.05, 3.63) is 33.9 Å². The fourth-order valence-electron chi connectivity index (χ4n) is 1.66. The van der Waals surface area contributed by atoms with Gasteiger partial charge in [0.2, 0.25) is 10.0 Å².